The van der Waals surface area contributed by atoms with Gasteiger partial charge >= 0.3 is 17.9 Å². The van der Waals surface area contributed by atoms with Crippen LogP contribution in [0.15, 0.2) is 66.7 Å². The van der Waals surface area contributed by atoms with Gasteiger partial charge in [-0.25, -0.2) is 9.59 Å². The van der Waals surface area contributed by atoms with Crippen LogP contribution in [-0.4, -0.2) is 51.4 Å². The van der Waals surface area contributed by atoms with E-state index in [1.165, 1.54) is 0 Å². The van der Waals surface area contributed by atoms with Crippen LogP contribution in [-0.2, 0) is 14.4 Å². The van der Waals surface area contributed by atoms with E-state index in [-0.39, 0.29) is 0 Å². The van der Waals surface area contributed by atoms with E-state index in [1.807, 2.05) is 42.5 Å². The number of carboxylic acid groups (broad SMARTS) is 3. The summed E-state index contributed by atoms with van der Waals surface area (Å²) in [4.78, 5) is 31.0. The van der Waals surface area contributed by atoms with Crippen molar-refractivity contribution >= 4 is 57.6 Å². The molecule has 3 aromatic carbocycles. The second-order valence-electron chi connectivity index (χ2n) is 9.29. The van der Waals surface area contributed by atoms with E-state index >= 15 is 0 Å². The van der Waals surface area contributed by atoms with Crippen LogP contribution < -0.4 is 11.1 Å². The second kappa shape index (κ2) is 17.2. The first-order valence-electron chi connectivity index (χ1n) is 13.0. The Hall–Kier alpha value is -3.63. The number of nitrogens with one attached hydrogen (secondary N) is 1. The summed E-state index contributed by atoms with van der Waals surface area (Å²) < 4.78 is 0. The van der Waals surface area contributed by atoms with Gasteiger partial charge in [0.05, 0.1) is 27.8 Å². The van der Waals surface area contributed by atoms with Crippen LogP contribution in [0.25, 0.3) is 10.8 Å². The van der Waals surface area contributed by atoms with Crippen molar-refractivity contribution in [3.05, 3.63) is 87.9 Å². The van der Waals surface area contributed by atoms with Crippen molar-refractivity contribution in [1.29, 1.82) is 0 Å². The number of rotatable bonds is 14. The predicted octanol–water partition coefficient (Wildman–Crippen LogP) is 5.88. The predicted molar refractivity (Wildman–Crippen MR) is 161 cm³/mol. The van der Waals surface area contributed by atoms with Gasteiger partial charge in [0.15, 0.2) is 0 Å². The minimum atomic E-state index is -1.26. The van der Waals surface area contributed by atoms with Gasteiger partial charge in [-0.05, 0) is 53.4 Å². The van der Waals surface area contributed by atoms with Gasteiger partial charge in [0.25, 0.3) is 0 Å². The Balaban J connectivity index is 0.000000642. The summed E-state index contributed by atoms with van der Waals surface area (Å²) in [5, 5.41) is 41.7. The second-order valence-corrected chi connectivity index (χ2v) is 10.1. The first-order valence-corrected chi connectivity index (χ1v) is 13.7. The fourth-order valence-corrected chi connectivity index (χ4v) is 4.72. The number of nitrogens with two attached hydrogens (primary N) is 1. The molecule has 0 spiro atoms. The fraction of sp³-hybridized carbons (Fsp3) is 0.300. The molecule has 11 heteroatoms. The molecule has 0 fully saturated rings. The van der Waals surface area contributed by atoms with Crippen molar-refractivity contribution in [2.45, 2.75) is 44.1 Å². The summed E-state index contributed by atoms with van der Waals surface area (Å²) in [6.07, 6.45) is 4.76. The Morgan fingerprint density at radius 3 is 2.05 bits per heavy atom. The summed E-state index contributed by atoms with van der Waals surface area (Å²) >= 11 is 12.1. The van der Waals surface area contributed by atoms with Gasteiger partial charge in [-0.1, -0.05) is 84.9 Å². The topological polar surface area (TPSA) is 170 Å². The minimum Gasteiger partial charge on any atom is -0.481 e. The van der Waals surface area contributed by atoms with Crippen molar-refractivity contribution in [3.63, 3.8) is 0 Å². The summed E-state index contributed by atoms with van der Waals surface area (Å²) in [5.41, 5.74) is 7.56. The molecule has 0 heterocycles. The lowest BCUT2D eigenvalue weighted by molar-refractivity contribution is -0.139. The van der Waals surface area contributed by atoms with Crippen LogP contribution in [0.4, 0.5) is 5.69 Å². The van der Waals surface area contributed by atoms with Crippen LogP contribution >= 0.6 is 23.2 Å². The molecule has 220 valence electrons. The van der Waals surface area contributed by atoms with Crippen LogP contribution in [0.5, 0.6) is 0 Å². The minimum absolute atomic E-state index is 0.313. The van der Waals surface area contributed by atoms with Crippen LogP contribution in [0, 0.1) is 0 Å². The van der Waals surface area contributed by atoms with Crippen LogP contribution in [0.2, 0.25) is 10.0 Å². The highest BCUT2D eigenvalue weighted by Gasteiger charge is 2.21. The van der Waals surface area contributed by atoms with E-state index < -0.39 is 29.9 Å². The number of carbonyl (C=O) groups is 3. The number of aliphatic carboxylic acids is 3. The molecule has 2 atom stereocenters. The summed E-state index contributed by atoms with van der Waals surface area (Å²) in [7, 11) is 0. The Labute approximate surface area is 248 Å². The molecule has 3 rings (SSSR count). The van der Waals surface area contributed by atoms with Crippen molar-refractivity contribution in [3.8, 4) is 0 Å². The van der Waals surface area contributed by atoms with Crippen molar-refractivity contribution in [1.82, 2.24) is 5.32 Å². The quantitative estimate of drug-likeness (QED) is 0.0746. The number of carboxylic acids is 3. The lowest BCUT2D eigenvalue weighted by Crippen LogP contribution is -2.22. The highest BCUT2D eigenvalue weighted by Crippen LogP contribution is 2.31. The maximum Gasteiger partial charge on any atom is 0.328 e. The standard InChI is InChI=1S/C26H30Cl2N2O3.C4H4O4/c27-22-14-18(15-23(28)25(22)29)24(31)16-30-13-6-2-1-3-11-21(26(32)33)20-12-7-9-17-8-4-5-10-19(17)20;5-3(6)1-2-4(7)8/h4-5,7-10,12,14-15,21,24,30-31H,1-3,6,11,13,16,29H2,(H,32,33);1-2H,(H,5,6)(H,7,8). The number of nitrogen functional groups attached to an aromatic ring is 1. The van der Waals surface area contributed by atoms with Gasteiger partial charge in [-0.3, -0.25) is 4.79 Å². The van der Waals surface area contributed by atoms with Crippen molar-refractivity contribution < 1.29 is 34.8 Å². The summed E-state index contributed by atoms with van der Waals surface area (Å²) in [5.74, 6) is -3.78. The van der Waals surface area contributed by atoms with Gasteiger partial charge in [0.1, 0.15) is 0 Å². The number of benzene rings is 3. The molecular formula is C30H34Cl2N2O7. The van der Waals surface area contributed by atoms with Gasteiger partial charge in [-0.15, -0.1) is 0 Å². The highest BCUT2D eigenvalue weighted by atomic mass is 35.5. The summed E-state index contributed by atoms with van der Waals surface area (Å²) in [6.45, 7) is 1.15. The molecule has 3 aromatic rings. The Morgan fingerprint density at radius 1 is 0.854 bits per heavy atom. The average Bonchev–Trinajstić information content (AvgIpc) is 2.93. The van der Waals surface area contributed by atoms with E-state index in [1.54, 1.807) is 12.1 Å². The van der Waals surface area contributed by atoms with E-state index in [0.717, 1.165) is 48.6 Å². The highest BCUT2D eigenvalue weighted by molar-refractivity contribution is 6.38. The van der Waals surface area contributed by atoms with Crippen LogP contribution in [0.1, 0.15) is 55.3 Å². The molecule has 0 saturated heterocycles. The zero-order chi connectivity index (χ0) is 30.4. The third-order valence-electron chi connectivity index (χ3n) is 6.29. The Kier molecular flexibility index (Phi) is 14.1. The van der Waals surface area contributed by atoms with Crippen LogP contribution in [0.3, 0.4) is 0 Å². The number of halogens is 2. The molecule has 0 saturated carbocycles. The maximum absolute atomic E-state index is 11.9. The zero-order valence-electron chi connectivity index (χ0n) is 22.3. The number of unbranched alkanes of at least 4 members (excludes halogenated alkanes) is 3. The molecule has 0 aliphatic carbocycles. The largest absolute Gasteiger partial charge is 0.481 e. The van der Waals surface area contributed by atoms with Gasteiger partial charge in [0.2, 0.25) is 0 Å². The number of aliphatic hydroxyl groups is 1. The van der Waals surface area contributed by atoms with Gasteiger partial charge < -0.3 is 31.5 Å². The lowest BCUT2D eigenvalue weighted by Gasteiger charge is -2.16. The molecule has 0 aliphatic heterocycles. The molecular weight excluding hydrogens is 571 g/mol. The van der Waals surface area contributed by atoms with Crippen molar-refractivity contribution in [2.75, 3.05) is 18.8 Å². The van der Waals surface area contributed by atoms with E-state index in [2.05, 4.69) is 5.32 Å². The molecule has 0 aliphatic rings. The third kappa shape index (κ3) is 11.4. The molecule has 0 bridgehead atoms. The Morgan fingerprint density at radius 2 is 1.44 bits per heavy atom. The van der Waals surface area contributed by atoms with E-state index in [0.29, 0.717) is 46.4 Å². The van der Waals surface area contributed by atoms with E-state index in [4.69, 9.17) is 39.1 Å². The molecule has 7 N–H and O–H groups in total. The number of aliphatic hydroxyl groups excluding tert-OH is 1. The smallest absolute Gasteiger partial charge is 0.328 e. The monoisotopic (exact) mass is 604 g/mol. The van der Waals surface area contributed by atoms with Gasteiger partial charge in [-0.2, -0.15) is 0 Å². The molecule has 0 amide bonds. The number of hydrogen-bond acceptors (Lipinski definition) is 6. The summed E-state index contributed by atoms with van der Waals surface area (Å²) in [6, 6.07) is 17.1. The Bertz CT molecular complexity index is 1320. The fourth-order valence-electron chi connectivity index (χ4n) is 4.21. The normalized spacial score (nSPS) is 12.5. The van der Waals surface area contributed by atoms with E-state index in [9.17, 15) is 24.6 Å². The first kappa shape index (κ1) is 33.6. The molecule has 41 heavy (non-hydrogen) atoms. The number of hydrogen-bond donors (Lipinski definition) is 6. The number of fused-ring (bicyclic) bond motifs is 1. The molecule has 0 radical (unpaired) electrons. The maximum atomic E-state index is 11.9. The van der Waals surface area contributed by atoms with Gasteiger partial charge in [0, 0.05) is 18.7 Å². The average molecular weight is 606 g/mol. The lowest BCUT2D eigenvalue weighted by atomic mass is 9.89. The molecule has 2 unspecified atom stereocenters. The third-order valence-corrected chi connectivity index (χ3v) is 6.91. The molecule has 0 aromatic heterocycles. The zero-order valence-corrected chi connectivity index (χ0v) is 23.8. The van der Waals surface area contributed by atoms with Crippen molar-refractivity contribution in [2.24, 2.45) is 0 Å². The number of anilines is 1. The molecule has 9 nitrogen and oxygen atoms in total. The SMILES string of the molecule is Nc1c(Cl)cc(C(O)CNCCCCCCC(C(=O)O)c2cccc3ccccc23)cc1Cl.O=C(O)C=CC(=O)O. The first-order chi connectivity index (χ1) is 19.5.